The fourth-order valence-corrected chi connectivity index (χ4v) is 2.71. The molecule has 0 bridgehead atoms. The van der Waals surface area contributed by atoms with Crippen molar-refractivity contribution in [1.82, 2.24) is 20.0 Å². The molecule has 2 fully saturated rings. The van der Waals surface area contributed by atoms with Gasteiger partial charge in [0.2, 0.25) is 0 Å². The Labute approximate surface area is 198 Å². The van der Waals surface area contributed by atoms with Crippen LogP contribution in [0.1, 0.15) is 123 Å². The van der Waals surface area contributed by atoms with Gasteiger partial charge < -0.3 is 20.0 Å². The van der Waals surface area contributed by atoms with Crippen molar-refractivity contribution in [3.05, 3.63) is 12.4 Å². The molecule has 0 radical (unpaired) electrons. The first-order valence-corrected chi connectivity index (χ1v) is 13.3. The molecule has 0 aromatic carbocycles. The standard InChI is InChI=1S/C11H20N4O.C4H10.C3H8.4C2H6/c1-5-13-8(4)14(6-2)10-9(13)12-11(16)15(10)7-3;1-3-4-2;1-3-2;4*1-2/h9-10H,4-7H2,1-3H3,(H,12,16);3-4H2,1-2H3;3H2,1-2H3;4*1-2H3. The van der Waals surface area contributed by atoms with Crippen molar-refractivity contribution in [3.63, 3.8) is 0 Å². The fraction of sp³-hybridized carbons (Fsp3) is 0.885. The van der Waals surface area contributed by atoms with Gasteiger partial charge in [0.15, 0.2) is 0 Å². The molecule has 1 N–H and O–H groups in total. The normalized spacial score (nSPS) is 17.2. The van der Waals surface area contributed by atoms with Gasteiger partial charge in [-0.3, -0.25) is 0 Å². The summed E-state index contributed by atoms with van der Waals surface area (Å²) in [6.45, 7) is 37.4. The van der Waals surface area contributed by atoms with Crippen molar-refractivity contribution in [2.75, 3.05) is 19.6 Å². The number of nitrogens with zero attached hydrogens (tertiary/aromatic N) is 3. The molecular formula is C26H62N4O. The molecule has 2 atom stereocenters. The maximum Gasteiger partial charge on any atom is 0.320 e. The van der Waals surface area contributed by atoms with Crippen molar-refractivity contribution in [1.29, 1.82) is 0 Å². The number of unbranched alkanes of at least 4 members (excludes halogenated alkanes) is 1. The third-order valence-electron chi connectivity index (χ3n) is 3.97. The van der Waals surface area contributed by atoms with E-state index < -0.39 is 0 Å². The minimum Gasteiger partial charge on any atom is -0.335 e. The second-order valence-corrected chi connectivity index (χ2v) is 5.79. The molecule has 2 aliphatic rings. The van der Waals surface area contributed by atoms with Crippen LogP contribution in [0.25, 0.3) is 0 Å². The van der Waals surface area contributed by atoms with Gasteiger partial charge in [-0.2, -0.15) is 0 Å². The molecule has 2 rings (SSSR count). The van der Waals surface area contributed by atoms with E-state index >= 15 is 0 Å². The zero-order valence-corrected chi connectivity index (χ0v) is 24.4. The highest BCUT2D eigenvalue weighted by Gasteiger charge is 2.50. The molecule has 0 spiro atoms. The Morgan fingerprint density at radius 1 is 0.677 bits per heavy atom. The van der Waals surface area contributed by atoms with Crippen LogP contribution in [0.3, 0.4) is 0 Å². The summed E-state index contributed by atoms with van der Waals surface area (Å²) in [6.07, 6.45) is 4.06. The molecule has 0 aliphatic carbocycles. The predicted octanol–water partition coefficient (Wildman–Crippen LogP) is 8.14. The van der Waals surface area contributed by atoms with Gasteiger partial charge in [0.1, 0.15) is 12.3 Å². The Hall–Kier alpha value is -1.39. The van der Waals surface area contributed by atoms with Gasteiger partial charge in [0.05, 0.1) is 5.82 Å². The minimum absolute atomic E-state index is 0.0295. The molecule has 2 heterocycles. The van der Waals surface area contributed by atoms with Gasteiger partial charge in [-0.25, -0.2) is 4.79 Å². The maximum atomic E-state index is 11.8. The lowest BCUT2D eigenvalue weighted by atomic mass is 10.3. The first kappa shape index (κ1) is 40.0. The number of nitrogens with one attached hydrogen (secondary N) is 1. The van der Waals surface area contributed by atoms with E-state index in [1.807, 2.05) is 67.2 Å². The van der Waals surface area contributed by atoms with E-state index in [1.165, 1.54) is 19.3 Å². The summed E-state index contributed by atoms with van der Waals surface area (Å²) >= 11 is 0. The number of rotatable bonds is 4. The van der Waals surface area contributed by atoms with E-state index in [9.17, 15) is 4.79 Å². The summed E-state index contributed by atoms with van der Waals surface area (Å²) in [5, 5.41) is 3.02. The SMILES string of the molecule is C=C1N(CC)C2NC(=O)N(CC)C2N1CC.CC.CC.CC.CC.CCC.CCCC. The zero-order chi connectivity index (χ0) is 26.0. The second-order valence-electron chi connectivity index (χ2n) is 5.79. The first-order valence-electron chi connectivity index (χ1n) is 13.3. The van der Waals surface area contributed by atoms with E-state index in [-0.39, 0.29) is 18.4 Å². The lowest BCUT2D eigenvalue weighted by molar-refractivity contribution is 0.142. The number of hydrogen-bond acceptors (Lipinski definition) is 3. The highest BCUT2D eigenvalue weighted by Crippen LogP contribution is 2.32. The third-order valence-corrected chi connectivity index (χ3v) is 3.97. The van der Waals surface area contributed by atoms with Gasteiger partial charge in [0.25, 0.3) is 0 Å². The first-order chi connectivity index (χ1) is 15.0. The average molecular weight is 447 g/mol. The summed E-state index contributed by atoms with van der Waals surface area (Å²) in [5.41, 5.74) is 0. The van der Waals surface area contributed by atoms with Gasteiger partial charge in [-0.15, -0.1) is 0 Å². The number of carbonyl (C=O) groups excluding carboxylic acids is 1. The Kier molecular flexibility index (Phi) is 39.8. The number of amides is 2. The topological polar surface area (TPSA) is 38.8 Å². The van der Waals surface area contributed by atoms with E-state index in [0.717, 1.165) is 25.5 Å². The van der Waals surface area contributed by atoms with E-state index in [4.69, 9.17) is 0 Å². The molecular weight excluding hydrogens is 384 g/mol. The third kappa shape index (κ3) is 14.3. The molecule has 31 heavy (non-hydrogen) atoms. The Morgan fingerprint density at radius 3 is 1.26 bits per heavy atom. The molecule has 2 amide bonds. The van der Waals surface area contributed by atoms with Crippen LogP contribution in [-0.4, -0.2) is 52.7 Å². The van der Waals surface area contributed by atoms with Crippen LogP contribution in [0.5, 0.6) is 0 Å². The molecule has 0 aromatic rings. The van der Waals surface area contributed by atoms with Crippen LogP contribution in [0.4, 0.5) is 4.79 Å². The van der Waals surface area contributed by atoms with Crippen molar-refractivity contribution in [2.45, 2.75) is 135 Å². The molecule has 192 valence electrons. The lowest BCUT2D eigenvalue weighted by Gasteiger charge is -2.29. The van der Waals surface area contributed by atoms with Crippen molar-refractivity contribution < 1.29 is 4.79 Å². The number of urea groups is 1. The summed E-state index contributed by atoms with van der Waals surface area (Å²) < 4.78 is 0. The average Bonchev–Trinajstić information content (AvgIpc) is 3.29. The van der Waals surface area contributed by atoms with Crippen molar-refractivity contribution >= 4 is 6.03 Å². The molecule has 0 aromatic heterocycles. The summed E-state index contributed by atoms with van der Waals surface area (Å²) in [5.74, 6) is 1.01. The molecule has 5 heteroatoms. The summed E-state index contributed by atoms with van der Waals surface area (Å²) in [4.78, 5) is 18.0. The van der Waals surface area contributed by atoms with Crippen LogP contribution in [0.15, 0.2) is 12.4 Å². The number of fused-ring (bicyclic) bond motifs is 1. The maximum absolute atomic E-state index is 11.8. The van der Waals surface area contributed by atoms with E-state index in [1.54, 1.807) is 0 Å². The Balaban J connectivity index is -0.000000126. The Bertz CT molecular complexity index is 357. The van der Waals surface area contributed by atoms with Crippen LogP contribution >= 0.6 is 0 Å². The van der Waals surface area contributed by atoms with Gasteiger partial charge in [-0.1, -0.05) is 109 Å². The van der Waals surface area contributed by atoms with Crippen LogP contribution in [0.2, 0.25) is 0 Å². The molecule has 2 aliphatic heterocycles. The highest BCUT2D eigenvalue weighted by atomic mass is 16.2. The number of likely N-dealkylation sites (N-methyl/N-ethyl adjacent to an activating group) is 3. The predicted molar refractivity (Wildman–Crippen MR) is 144 cm³/mol. The monoisotopic (exact) mass is 446 g/mol. The van der Waals surface area contributed by atoms with Gasteiger partial charge >= 0.3 is 6.03 Å². The van der Waals surface area contributed by atoms with Crippen LogP contribution in [0, 0.1) is 0 Å². The molecule has 2 unspecified atom stereocenters. The highest BCUT2D eigenvalue weighted by molar-refractivity contribution is 5.77. The van der Waals surface area contributed by atoms with Crippen molar-refractivity contribution in [2.24, 2.45) is 0 Å². The van der Waals surface area contributed by atoms with E-state index in [2.05, 4.69) is 63.2 Å². The largest absolute Gasteiger partial charge is 0.335 e. The molecule has 5 nitrogen and oxygen atoms in total. The van der Waals surface area contributed by atoms with Gasteiger partial charge in [0, 0.05) is 19.6 Å². The van der Waals surface area contributed by atoms with E-state index in [0.29, 0.717) is 0 Å². The molecule has 0 saturated carbocycles. The lowest BCUT2D eigenvalue weighted by Crippen LogP contribution is -2.45. The van der Waals surface area contributed by atoms with Crippen molar-refractivity contribution in [3.8, 4) is 0 Å². The summed E-state index contributed by atoms with van der Waals surface area (Å²) in [6, 6.07) is 0.0295. The van der Waals surface area contributed by atoms with Crippen LogP contribution in [-0.2, 0) is 0 Å². The van der Waals surface area contributed by atoms with Crippen LogP contribution < -0.4 is 5.32 Å². The van der Waals surface area contributed by atoms with Gasteiger partial charge in [-0.05, 0) is 20.8 Å². The number of carbonyl (C=O) groups is 1. The number of hydrogen-bond donors (Lipinski definition) is 1. The smallest absolute Gasteiger partial charge is 0.320 e. The minimum atomic E-state index is 0.0295. The second kappa shape index (κ2) is 30.8. The Morgan fingerprint density at radius 2 is 1.00 bits per heavy atom. The zero-order valence-electron chi connectivity index (χ0n) is 24.4. The quantitative estimate of drug-likeness (QED) is 0.473. The summed E-state index contributed by atoms with van der Waals surface area (Å²) in [7, 11) is 0. The molecule has 2 saturated heterocycles. The fourth-order valence-electron chi connectivity index (χ4n) is 2.71.